The van der Waals surface area contributed by atoms with E-state index in [9.17, 15) is 0 Å². The van der Waals surface area contributed by atoms with E-state index in [0.717, 1.165) is 25.6 Å². The summed E-state index contributed by atoms with van der Waals surface area (Å²) in [5.74, 6) is 0.721. The SMILES string of the molecule is ClCC[NH+]1C=CN(Cc2ccccc2)C1.[Cl-]. The average Bonchev–Trinajstić information content (AvgIpc) is 2.68. The lowest BCUT2D eigenvalue weighted by Gasteiger charge is -2.16. The van der Waals surface area contributed by atoms with Gasteiger partial charge < -0.3 is 17.3 Å². The molecule has 1 aromatic carbocycles. The summed E-state index contributed by atoms with van der Waals surface area (Å²) < 4.78 is 0. The van der Waals surface area contributed by atoms with Gasteiger partial charge in [0.2, 0.25) is 0 Å². The molecule has 0 spiro atoms. The van der Waals surface area contributed by atoms with E-state index in [0.29, 0.717) is 0 Å². The molecule has 1 aliphatic rings. The van der Waals surface area contributed by atoms with Crippen molar-refractivity contribution in [2.75, 3.05) is 19.1 Å². The predicted octanol–water partition coefficient (Wildman–Crippen LogP) is -1.94. The van der Waals surface area contributed by atoms with Crippen LogP contribution < -0.4 is 17.3 Å². The molecule has 1 N–H and O–H groups in total. The van der Waals surface area contributed by atoms with Crippen LogP contribution in [0.3, 0.4) is 0 Å². The maximum atomic E-state index is 5.72. The van der Waals surface area contributed by atoms with E-state index in [1.165, 1.54) is 10.5 Å². The molecule has 0 amide bonds. The number of halogens is 2. The predicted molar refractivity (Wildman–Crippen MR) is 62.5 cm³/mol. The fourth-order valence-corrected chi connectivity index (χ4v) is 2.03. The van der Waals surface area contributed by atoms with E-state index in [1.54, 1.807) is 0 Å². The minimum atomic E-state index is 0. The lowest BCUT2D eigenvalue weighted by atomic mass is 10.2. The molecule has 0 fully saturated rings. The first-order valence-corrected chi connectivity index (χ1v) is 5.79. The Morgan fingerprint density at radius 3 is 2.69 bits per heavy atom. The minimum absolute atomic E-state index is 0. The van der Waals surface area contributed by atoms with Crippen LogP contribution in [-0.2, 0) is 6.54 Å². The highest BCUT2D eigenvalue weighted by Crippen LogP contribution is 2.04. The van der Waals surface area contributed by atoms with Crippen LogP contribution in [0.5, 0.6) is 0 Å². The molecule has 0 bridgehead atoms. The highest BCUT2D eigenvalue weighted by molar-refractivity contribution is 6.17. The van der Waals surface area contributed by atoms with Crippen molar-refractivity contribution in [2.45, 2.75) is 6.54 Å². The molecule has 0 saturated heterocycles. The van der Waals surface area contributed by atoms with Crippen molar-refractivity contribution in [1.29, 1.82) is 0 Å². The van der Waals surface area contributed by atoms with Gasteiger partial charge in [-0.3, -0.25) is 4.90 Å². The van der Waals surface area contributed by atoms with Gasteiger partial charge in [-0.15, -0.1) is 11.6 Å². The molecule has 1 unspecified atom stereocenters. The first-order valence-electron chi connectivity index (χ1n) is 5.25. The van der Waals surface area contributed by atoms with Crippen LogP contribution in [0.1, 0.15) is 5.56 Å². The Morgan fingerprint density at radius 1 is 1.25 bits per heavy atom. The lowest BCUT2D eigenvalue weighted by molar-refractivity contribution is -0.846. The number of nitrogens with one attached hydrogen (secondary N) is 1. The van der Waals surface area contributed by atoms with Gasteiger partial charge >= 0.3 is 0 Å². The Hall–Kier alpha value is -0.700. The smallest absolute Gasteiger partial charge is 0.157 e. The molecule has 2 rings (SSSR count). The Balaban J connectivity index is 0.00000128. The zero-order valence-corrected chi connectivity index (χ0v) is 10.6. The van der Waals surface area contributed by atoms with E-state index in [2.05, 4.69) is 41.6 Å². The summed E-state index contributed by atoms with van der Waals surface area (Å²) >= 11 is 5.72. The molecule has 88 valence electrons. The van der Waals surface area contributed by atoms with E-state index in [1.807, 2.05) is 6.07 Å². The summed E-state index contributed by atoms with van der Waals surface area (Å²) in [5, 5.41) is 0. The van der Waals surface area contributed by atoms with Crippen molar-refractivity contribution in [3.8, 4) is 0 Å². The molecule has 0 aromatic heterocycles. The van der Waals surface area contributed by atoms with Gasteiger partial charge in [0.05, 0.1) is 18.6 Å². The van der Waals surface area contributed by atoms with Crippen molar-refractivity contribution in [2.24, 2.45) is 0 Å². The number of hydrogen-bond acceptors (Lipinski definition) is 1. The summed E-state index contributed by atoms with van der Waals surface area (Å²) in [4.78, 5) is 3.75. The number of hydrogen-bond donors (Lipinski definition) is 1. The molecule has 1 aliphatic heterocycles. The first kappa shape index (κ1) is 13.4. The molecule has 0 aliphatic carbocycles. The lowest BCUT2D eigenvalue weighted by Crippen LogP contribution is -3.07. The number of nitrogens with zero attached hydrogens (tertiary/aromatic N) is 1. The first-order chi connectivity index (χ1) is 7.38. The summed E-state index contributed by atoms with van der Waals surface area (Å²) in [7, 11) is 0. The Morgan fingerprint density at radius 2 is 2.00 bits per heavy atom. The van der Waals surface area contributed by atoms with Crippen molar-refractivity contribution in [1.82, 2.24) is 4.90 Å². The second-order valence-electron chi connectivity index (χ2n) is 3.80. The molecule has 2 nitrogen and oxygen atoms in total. The van der Waals surface area contributed by atoms with Crippen LogP contribution in [0, 0.1) is 0 Å². The van der Waals surface area contributed by atoms with E-state index in [-0.39, 0.29) is 12.4 Å². The fraction of sp³-hybridized carbons (Fsp3) is 0.333. The van der Waals surface area contributed by atoms with Gasteiger partial charge in [-0.25, -0.2) is 0 Å². The van der Waals surface area contributed by atoms with E-state index in [4.69, 9.17) is 11.6 Å². The number of alkyl halides is 1. The van der Waals surface area contributed by atoms with E-state index >= 15 is 0 Å². The average molecular weight is 259 g/mol. The maximum absolute atomic E-state index is 5.72. The highest BCUT2D eigenvalue weighted by atomic mass is 35.5. The molecular weight excluding hydrogens is 243 g/mol. The van der Waals surface area contributed by atoms with Crippen LogP contribution in [0.4, 0.5) is 0 Å². The molecule has 0 saturated carbocycles. The third-order valence-electron chi connectivity index (χ3n) is 2.57. The summed E-state index contributed by atoms with van der Waals surface area (Å²) in [6.07, 6.45) is 4.35. The van der Waals surface area contributed by atoms with Crippen LogP contribution >= 0.6 is 11.6 Å². The van der Waals surface area contributed by atoms with E-state index < -0.39 is 0 Å². The van der Waals surface area contributed by atoms with Gasteiger partial charge in [0.15, 0.2) is 6.67 Å². The van der Waals surface area contributed by atoms with Gasteiger partial charge in [-0.2, -0.15) is 0 Å². The quantitative estimate of drug-likeness (QED) is 0.618. The van der Waals surface area contributed by atoms with Crippen LogP contribution in [-0.4, -0.2) is 24.0 Å². The molecule has 1 aromatic rings. The topological polar surface area (TPSA) is 7.68 Å². The third-order valence-corrected chi connectivity index (χ3v) is 2.76. The minimum Gasteiger partial charge on any atom is -1.00 e. The largest absolute Gasteiger partial charge is 1.00 e. The van der Waals surface area contributed by atoms with Crippen LogP contribution in [0.2, 0.25) is 0 Å². The van der Waals surface area contributed by atoms with Gasteiger partial charge in [0.1, 0.15) is 6.20 Å². The second-order valence-corrected chi connectivity index (χ2v) is 4.18. The Kier molecular flexibility index (Phi) is 5.67. The molecule has 0 radical (unpaired) electrons. The van der Waals surface area contributed by atoms with Crippen molar-refractivity contribution in [3.63, 3.8) is 0 Å². The maximum Gasteiger partial charge on any atom is 0.157 e. The normalized spacial score (nSPS) is 18.6. The molecule has 1 heterocycles. The van der Waals surface area contributed by atoms with Crippen LogP contribution in [0.25, 0.3) is 0 Å². The van der Waals surface area contributed by atoms with Crippen molar-refractivity contribution >= 4 is 11.6 Å². The fourth-order valence-electron chi connectivity index (χ4n) is 1.79. The summed E-state index contributed by atoms with van der Waals surface area (Å²) in [6.45, 7) is 3.02. The number of rotatable bonds is 4. The van der Waals surface area contributed by atoms with Crippen molar-refractivity contribution < 1.29 is 17.3 Å². The summed E-state index contributed by atoms with van der Waals surface area (Å²) in [6, 6.07) is 10.5. The highest BCUT2D eigenvalue weighted by Gasteiger charge is 2.15. The van der Waals surface area contributed by atoms with Gasteiger partial charge in [0.25, 0.3) is 0 Å². The third kappa shape index (κ3) is 3.71. The van der Waals surface area contributed by atoms with Gasteiger partial charge in [-0.1, -0.05) is 30.3 Å². The summed E-state index contributed by atoms with van der Waals surface area (Å²) in [5.41, 5.74) is 1.36. The van der Waals surface area contributed by atoms with Gasteiger partial charge in [-0.05, 0) is 5.56 Å². The monoisotopic (exact) mass is 258 g/mol. The Labute approximate surface area is 108 Å². The van der Waals surface area contributed by atoms with Crippen molar-refractivity contribution in [3.05, 3.63) is 48.3 Å². The number of quaternary nitrogens is 1. The van der Waals surface area contributed by atoms with Crippen LogP contribution in [0.15, 0.2) is 42.7 Å². The van der Waals surface area contributed by atoms with Gasteiger partial charge in [0, 0.05) is 6.54 Å². The zero-order chi connectivity index (χ0) is 10.5. The molecule has 16 heavy (non-hydrogen) atoms. The molecule has 4 heteroatoms. The Bertz CT molecular complexity index is 327. The standard InChI is InChI=1S/C12H15ClN2.ClH/c13-6-7-14-8-9-15(11-14)10-12-4-2-1-3-5-12;/h1-5,8-9H,6-7,10-11H2;1H. The zero-order valence-electron chi connectivity index (χ0n) is 9.07. The second kappa shape index (κ2) is 6.79. The molecular formula is C12H16Cl2N2. The molecule has 1 atom stereocenters. The number of benzene rings is 1.